The van der Waals surface area contributed by atoms with Crippen LogP contribution >= 0.6 is 23.2 Å². The van der Waals surface area contributed by atoms with E-state index in [1.807, 2.05) is 43.1 Å². The van der Waals surface area contributed by atoms with Gasteiger partial charge in [0.25, 0.3) is 0 Å². The topological polar surface area (TPSA) is 41.6 Å². The highest BCUT2D eigenvalue weighted by atomic mass is 35.5. The Labute approximate surface area is 152 Å². The van der Waals surface area contributed by atoms with Crippen molar-refractivity contribution >= 4 is 34.8 Å². The Morgan fingerprint density at radius 2 is 1.75 bits per heavy atom. The summed E-state index contributed by atoms with van der Waals surface area (Å²) in [6.45, 7) is 2.47. The van der Waals surface area contributed by atoms with Gasteiger partial charge in [-0.1, -0.05) is 41.4 Å². The lowest BCUT2D eigenvalue weighted by Crippen LogP contribution is -2.39. The van der Waals surface area contributed by atoms with Crippen molar-refractivity contribution in [2.24, 2.45) is 0 Å². The predicted octanol–water partition coefficient (Wildman–Crippen LogP) is 4.46. The minimum atomic E-state index is -0.348. The number of para-hydroxylation sites is 1. The Kier molecular flexibility index (Phi) is 6.49. The van der Waals surface area contributed by atoms with Crippen LogP contribution in [0.25, 0.3) is 0 Å². The molecule has 0 spiro atoms. The summed E-state index contributed by atoms with van der Waals surface area (Å²) >= 11 is 12.2. The number of carbonyl (C=O) groups is 1. The molecule has 6 heteroatoms. The highest BCUT2D eigenvalue weighted by molar-refractivity contribution is 6.39. The summed E-state index contributed by atoms with van der Waals surface area (Å²) in [4.78, 5) is 14.4. The van der Waals surface area contributed by atoms with Crippen molar-refractivity contribution in [3.05, 3.63) is 58.1 Å². The summed E-state index contributed by atoms with van der Waals surface area (Å²) < 4.78 is 5.15. The molecule has 2 aromatic carbocycles. The Bertz CT molecular complexity index is 684. The first-order valence-corrected chi connectivity index (χ1v) is 8.26. The number of ether oxygens (including phenoxy) is 1. The normalized spacial score (nSPS) is 12.1. The van der Waals surface area contributed by atoms with Crippen LogP contribution < -0.4 is 10.1 Å². The summed E-state index contributed by atoms with van der Waals surface area (Å²) in [7, 11) is 3.52. The van der Waals surface area contributed by atoms with Gasteiger partial charge in [-0.2, -0.15) is 0 Å². The number of nitrogens with zero attached hydrogens (tertiary/aromatic N) is 1. The molecule has 0 aromatic heterocycles. The van der Waals surface area contributed by atoms with E-state index in [0.717, 1.165) is 11.3 Å². The Balaban J connectivity index is 2.01. The van der Waals surface area contributed by atoms with Crippen LogP contribution in [-0.2, 0) is 11.3 Å². The molecule has 0 heterocycles. The number of methoxy groups -OCH3 is 1. The summed E-state index contributed by atoms with van der Waals surface area (Å²) in [5, 5.41) is 3.63. The fourth-order valence-electron chi connectivity index (χ4n) is 2.20. The van der Waals surface area contributed by atoms with Crippen molar-refractivity contribution in [1.82, 2.24) is 4.90 Å². The number of benzene rings is 2. The molecule has 0 aliphatic heterocycles. The average Bonchev–Trinajstić information content (AvgIpc) is 2.58. The highest BCUT2D eigenvalue weighted by Crippen LogP contribution is 2.30. The number of hydrogen-bond acceptors (Lipinski definition) is 3. The van der Waals surface area contributed by atoms with Gasteiger partial charge in [-0.15, -0.1) is 0 Å². The van der Waals surface area contributed by atoms with Crippen LogP contribution in [0.5, 0.6) is 5.75 Å². The molecule has 0 radical (unpaired) electrons. The van der Waals surface area contributed by atoms with Gasteiger partial charge in [0, 0.05) is 6.54 Å². The molecule has 0 saturated heterocycles. The van der Waals surface area contributed by atoms with E-state index in [1.165, 1.54) is 0 Å². The maximum atomic E-state index is 12.5. The number of likely N-dealkylation sites (N-methyl/N-ethyl adjacent to an activating group) is 1. The van der Waals surface area contributed by atoms with E-state index in [0.29, 0.717) is 22.3 Å². The SMILES string of the molecule is COc1ccc(CN(C)C(C)C(=O)Nc2c(Cl)cccc2Cl)cc1. The standard InChI is InChI=1S/C18H20Cl2N2O2/c1-12(18(23)21-17-15(19)5-4-6-16(17)20)22(2)11-13-7-9-14(24-3)10-8-13/h4-10,12H,11H2,1-3H3,(H,21,23). The highest BCUT2D eigenvalue weighted by Gasteiger charge is 2.20. The van der Waals surface area contributed by atoms with Crippen LogP contribution in [0.15, 0.2) is 42.5 Å². The summed E-state index contributed by atoms with van der Waals surface area (Å²) in [6, 6.07) is 12.5. The number of anilines is 1. The number of halogens is 2. The van der Waals surface area contributed by atoms with Crippen molar-refractivity contribution in [3.63, 3.8) is 0 Å². The zero-order valence-electron chi connectivity index (χ0n) is 13.8. The molecule has 1 amide bonds. The van der Waals surface area contributed by atoms with Crippen LogP contribution in [-0.4, -0.2) is 31.0 Å². The Morgan fingerprint density at radius 3 is 2.29 bits per heavy atom. The second kappa shape index (κ2) is 8.38. The fraction of sp³-hybridized carbons (Fsp3) is 0.278. The van der Waals surface area contributed by atoms with E-state index < -0.39 is 0 Å². The van der Waals surface area contributed by atoms with Crippen LogP contribution in [0.2, 0.25) is 10.0 Å². The van der Waals surface area contributed by atoms with Crippen LogP contribution in [0.4, 0.5) is 5.69 Å². The van der Waals surface area contributed by atoms with Crippen molar-refractivity contribution in [1.29, 1.82) is 0 Å². The predicted molar refractivity (Wildman–Crippen MR) is 99.0 cm³/mol. The number of carbonyl (C=O) groups excluding carboxylic acids is 1. The third-order valence-corrected chi connectivity index (χ3v) is 4.47. The molecular weight excluding hydrogens is 347 g/mol. The molecule has 4 nitrogen and oxygen atoms in total. The second-order valence-corrected chi connectivity index (χ2v) is 6.34. The quantitative estimate of drug-likeness (QED) is 0.820. The van der Waals surface area contributed by atoms with Gasteiger partial charge in [0.05, 0.1) is 28.9 Å². The average molecular weight is 367 g/mol. The van der Waals surface area contributed by atoms with Gasteiger partial charge in [0.1, 0.15) is 5.75 Å². The lowest BCUT2D eigenvalue weighted by molar-refractivity contribution is -0.120. The van der Waals surface area contributed by atoms with E-state index >= 15 is 0 Å². The lowest BCUT2D eigenvalue weighted by atomic mass is 10.1. The molecule has 1 unspecified atom stereocenters. The van der Waals surface area contributed by atoms with Gasteiger partial charge in [-0.05, 0) is 43.8 Å². The van der Waals surface area contributed by atoms with Crippen molar-refractivity contribution in [2.75, 3.05) is 19.5 Å². The minimum absolute atomic E-state index is 0.166. The van der Waals surface area contributed by atoms with E-state index in [1.54, 1.807) is 25.3 Å². The van der Waals surface area contributed by atoms with Crippen LogP contribution in [0, 0.1) is 0 Å². The van der Waals surface area contributed by atoms with Gasteiger partial charge in [0.2, 0.25) is 5.91 Å². The summed E-state index contributed by atoms with van der Waals surface area (Å²) in [5.41, 5.74) is 1.53. The zero-order valence-corrected chi connectivity index (χ0v) is 15.4. The molecular formula is C18H20Cl2N2O2. The smallest absolute Gasteiger partial charge is 0.241 e. The Hall–Kier alpha value is -1.75. The number of hydrogen-bond donors (Lipinski definition) is 1. The first kappa shape index (κ1) is 18.6. The number of nitrogens with one attached hydrogen (secondary N) is 1. The van der Waals surface area contributed by atoms with Gasteiger partial charge in [-0.3, -0.25) is 9.69 Å². The molecule has 2 rings (SSSR count). The minimum Gasteiger partial charge on any atom is -0.497 e. The first-order valence-electron chi connectivity index (χ1n) is 7.50. The zero-order chi connectivity index (χ0) is 17.7. The number of rotatable bonds is 6. The number of amides is 1. The van der Waals surface area contributed by atoms with E-state index in [4.69, 9.17) is 27.9 Å². The largest absolute Gasteiger partial charge is 0.497 e. The molecule has 1 N–H and O–H groups in total. The third kappa shape index (κ3) is 4.63. The third-order valence-electron chi connectivity index (χ3n) is 3.84. The summed E-state index contributed by atoms with van der Waals surface area (Å²) in [5.74, 6) is 0.640. The maximum absolute atomic E-state index is 12.5. The van der Waals surface area contributed by atoms with E-state index in [-0.39, 0.29) is 11.9 Å². The van der Waals surface area contributed by atoms with Crippen molar-refractivity contribution < 1.29 is 9.53 Å². The lowest BCUT2D eigenvalue weighted by Gasteiger charge is -2.24. The summed E-state index contributed by atoms with van der Waals surface area (Å²) in [6.07, 6.45) is 0. The van der Waals surface area contributed by atoms with Gasteiger partial charge < -0.3 is 10.1 Å². The van der Waals surface area contributed by atoms with Crippen molar-refractivity contribution in [2.45, 2.75) is 19.5 Å². The van der Waals surface area contributed by atoms with Crippen LogP contribution in [0.1, 0.15) is 12.5 Å². The molecule has 0 bridgehead atoms. The fourth-order valence-corrected chi connectivity index (χ4v) is 2.69. The molecule has 128 valence electrons. The molecule has 0 aliphatic rings. The van der Waals surface area contributed by atoms with Crippen molar-refractivity contribution in [3.8, 4) is 5.75 Å². The Morgan fingerprint density at radius 1 is 1.17 bits per heavy atom. The molecule has 24 heavy (non-hydrogen) atoms. The second-order valence-electron chi connectivity index (χ2n) is 5.53. The van der Waals surface area contributed by atoms with Gasteiger partial charge in [-0.25, -0.2) is 0 Å². The van der Waals surface area contributed by atoms with Gasteiger partial charge >= 0.3 is 0 Å². The van der Waals surface area contributed by atoms with E-state index in [9.17, 15) is 4.79 Å². The molecule has 0 aliphatic carbocycles. The van der Waals surface area contributed by atoms with Crippen LogP contribution in [0.3, 0.4) is 0 Å². The molecule has 0 saturated carbocycles. The first-order chi connectivity index (χ1) is 11.4. The van der Waals surface area contributed by atoms with Gasteiger partial charge in [0.15, 0.2) is 0 Å². The maximum Gasteiger partial charge on any atom is 0.241 e. The molecule has 0 fully saturated rings. The molecule has 1 atom stereocenters. The van der Waals surface area contributed by atoms with E-state index in [2.05, 4.69) is 5.32 Å². The monoisotopic (exact) mass is 366 g/mol. The molecule has 2 aromatic rings.